The summed E-state index contributed by atoms with van der Waals surface area (Å²) in [5, 5.41) is 3.08. The first-order valence-corrected chi connectivity index (χ1v) is 5.83. The van der Waals surface area contributed by atoms with Gasteiger partial charge in [-0.05, 0) is 27.0 Å². The second-order valence-electron chi connectivity index (χ2n) is 4.33. The fourth-order valence-electron chi connectivity index (χ4n) is 1.90. The molecule has 0 radical (unpaired) electrons. The van der Waals surface area contributed by atoms with Crippen molar-refractivity contribution in [1.29, 1.82) is 0 Å². The molecule has 0 saturated carbocycles. The molecule has 1 atom stereocenters. The Bertz CT molecular complexity index is 537. The Morgan fingerprint density at radius 3 is 2.56 bits per heavy atom. The summed E-state index contributed by atoms with van der Waals surface area (Å²) in [7, 11) is 1.79. The molecule has 2 rings (SSSR count). The highest BCUT2D eigenvalue weighted by molar-refractivity contribution is 5.31. The van der Waals surface area contributed by atoms with Gasteiger partial charge in [-0.1, -0.05) is 17.7 Å². The van der Waals surface area contributed by atoms with E-state index in [4.69, 9.17) is 0 Å². The summed E-state index contributed by atoms with van der Waals surface area (Å²) in [4.78, 5) is 8.51. The van der Waals surface area contributed by atoms with Gasteiger partial charge in [-0.25, -0.2) is 4.39 Å². The van der Waals surface area contributed by atoms with Crippen molar-refractivity contribution in [3.63, 3.8) is 0 Å². The van der Waals surface area contributed by atoms with Crippen LogP contribution in [0.3, 0.4) is 0 Å². The van der Waals surface area contributed by atoms with Gasteiger partial charge in [-0.15, -0.1) is 0 Å². The minimum absolute atomic E-state index is 0.234. The molecule has 0 amide bonds. The highest BCUT2D eigenvalue weighted by Gasteiger charge is 2.17. The first-order valence-electron chi connectivity index (χ1n) is 5.83. The number of rotatable bonds is 3. The minimum atomic E-state index is -0.280. The summed E-state index contributed by atoms with van der Waals surface area (Å²) >= 11 is 0. The Balaban J connectivity index is 2.44. The maximum Gasteiger partial charge on any atom is 0.128 e. The normalized spacial score (nSPS) is 12.4. The van der Waals surface area contributed by atoms with Gasteiger partial charge >= 0.3 is 0 Å². The molecule has 0 aliphatic heterocycles. The van der Waals surface area contributed by atoms with Crippen LogP contribution in [0.15, 0.2) is 30.6 Å². The van der Waals surface area contributed by atoms with E-state index in [0.717, 1.165) is 11.3 Å². The molecular formula is C14H16FN3. The van der Waals surface area contributed by atoms with E-state index in [-0.39, 0.29) is 11.9 Å². The van der Waals surface area contributed by atoms with Crippen molar-refractivity contribution in [3.8, 4) is 0 Å². The zero-order valence-corrected chi connectivity index (χ0v) is 10.7. The zero-order chi connectivity index (χ0) is 13.1. The average molecular weight is 245 g/mol. The molecule has 1 aromatic carbocycles. The lowest BCUT2D eigenvalue weighted by atomic mass is 10.0. The predicted molar refractivity (Wildman–Crippen MR) is 68.8 cm³/mol. The topological polar surface area (TPSA) is 37.8 Å². The van der Waals surface area contributed by atoms with Crippen molar-refractivity contribution < 1.29 is 4.39 Å². The van der Waals surface area contributed by atoms with E-state index in [1.165, 1.54) is 6.07 Å². The summed E-state index contributed by atoms with van der Waals surface area (Å²) in [6, 6.07) is 4.79. The van der Waals surface area contributed by atoms with Gasteiger partial charge < -0.3 is 5.32 Å². The lowest BCUT2D eigenvalue weighted by Gasteiger charge is -2.17. The molecule has 3 nitrogen and oxygen atoms in total. The third kappa shape index (κ3) is 2.54. The quantitative estimate of drug-likeness (QED) is 0.903. The number of hydrogen-bond acceptors (Lipinski definition) is 3. The van der Waals surface area contributed by atoms with Crippen LogP contribution in [-0.2, 0) is 0 Å². The highest BCUT2D eigenvalue weighted by Crippen LogP contribution is 2.23. The number of aromatic nitrogens is 2. The average Bonchev–Trinajstić information content (AvgIpc) is 2.37. The molecule has 0 fully saturated rings. The van der Waals surface area contributed by atoms with Gasteiger partial charge in [-0.2, -0.15) is 0 Å². The maximum atomic E-state index is 13.9. The van der Waals surface area contributed by atoms with Crippen LogP contribution in [0.1, 0.15) is 28.6 Å². The van der Waals surface area contributed by atoms with Gasteiger partial charge in [0.2, 0.25) is 0 Å². The summed E-state index contributed by atoms with van der Waals surface area (Å²) in [5.74, 6) is -0.234. The molecule has 1 heterocycles. The summed E-state index contributed by atoms with van der Waals surface area (Å²) in [6.07, 6.45) is 3.37. The maximum absolute atomic E-state index is 13.9. The second-order valence-corrected chi connectivity index (χ2v) is 4.33. The molecule has 0 saturated heterocycles. The summed E-state index contributed by atoms with van der Waals surface area (Å²) < 4.78 is 13.9. The largest absolute Gasteiger partial charge is 0.308 e. The summed E-state index contributed by atoms with van der Waals surface area (Å²) in [6.45, 7) is 3.81. The Morgan fingerprint density at radius 1 is 1.17 bits per heavy atom. The molecular weight excluding hydrogens is 229 g/mol. The van der Waals surface area contributed by atoms with Gasteiger partial charge in [0.1, 0.15) is 5.82 Å². The number of hydrogen-bond donors (Lipinski definition) is 1. The molecule has 18 heavy (non-hydrogen) atoms. The Hall–Kier alpha value is -1.81. The van der Waals surface area contributed by atoms with Gasteiger partial charge in [0.05, 0.1) is 23.6 Å². The van der Waals surface area contributed by atoms with Crippen LogP contribution >= 0.6 is 0 Å². The van der Waals surface area contributed by atoms with Crippen LogP contribution in [0.2, 0.25) is 0 Å². The Kier molecular flexibility index (Phi) is 3.67. The van der Waals surface area contributed by atoms with Crippen molar-refractivity contribution in [2.24, 2.45) is 0 Å². The van der Waals surface area contributed by atoms with E-state index in [1.54, 1.807) is 25.5 Å². The number of nitrogens with one attached hydrogen (secondary N) is 1. The number of halogens is 1. The van der Waals surface area contributed by atoms with E-state index in [2.05, 4.69) is 15.3 Å². The number of benzene rings is 1. The Morgan fingerprint density at radius 2 is 1.94 bits per heavy atom. The monoisotopic (exact) mass is 245 g/mol. The third-order valence-electron chi connectivity index (χ3n) is 2.85. The minimum Gasteiger partial charge on any atom is -0.308 e. The van der Waals surface area contributed by atoms with E-state index in [0.29, 0.717) is 11.3 Å². The fraction of sp³-hybridized carbons (Fsp3) is 0.286. The third-order valence-corrected chi connectivity index (χ3v) is 2.85. The van der Waals surface area contributed by atoms with Gasteiger partial charge in [0.25, 0.3) is 0 Å². The van der Waals surface area contributed by atoms with Crippen LogP contribution in [0.25, 0.3) is 0 Å². The van der Waals surface area contributed by atoms with Crippen molar-refractivity contribution in [3.05, 3.63) is 58.9 Å². The molecule has 4 heteroatoms. The van der Waals surface area contributed by atoms with Crippen LogP contribution in [-0.4, -0.2) is 17.0 Å². The Labute approximate surface area is 106 Å². The SMILES string of the molecule is CNC(c1cnc(C)cn1)c1cc(C)ccc1F. The van der Waals surface area contributed by atoms with Crippen LogP contribution in [0.4, 0.5) is 4.39 Å². The molecule has 0 aliphatic rings. The zero-order valence-electron chi connectivity index (χ0n) is 10.7. The molecule has 0 spiro atoms. The smallest absolute Gasteiger partial charge is 0.128 e. The fourth-order valence-corrected chi connectivity index (χ4v) is 1.90. The van der Waals surface area contributed by atoms with Crippen molar-refractivity contribution in [1.82, 2.24) is 15.3 Å². The molecule has 1 aromatic heterocycles. The highest BCUT2D eigenvalue weighted by atomic mass is 19.1. The predicted octanol–water partition coefficient (Wildman–Crippen LogP) is 2.54. The van der Waals surface area contributed by atoms with E-state index < -0.39 is 0 Å². The van der Waals surface area contributed by atoms with Gasteiger partial charge in [0.15, 0.2) is 0 Å². The first-order chi connectivity index (χ1) is 8.61. The number of aryl methyl sites for hydroxylation is 2. The van der Waals surface area contributed by atoms with Crippen molar-refractivity contribution in [2.45, 2.75) is 19.9 Å². The molecule has 94 valence electrons. The van der Waals surface area contributed by atoms with Crippen LogP contribution < -0.4 is 5.32 Å². The van der Waals surface area contributed by atoms with Gasteiger partial charge in [-0.3, -0.25) is 9.97 Å². The summed E-state index contributed by atoms with van der Waals surface area (Å²) in [5.41, 5.74) is 3.17. The van der Waals surface area contributed by atoms with Crippen molar-refractivity contribution >= 4 is 0 Å². The van der Waals surface area contributed by atoms with Crippen LogP contribution in [0.5, 0.6) is 0 Å². The van der Waals surface area contributed by atoms with E-state index in [1.807, 2.05) is 19.9 Å². The van der Waals surface area contributed by atoms with Gasteiger partial charge in [0, 0.05) is 11.8 Å². The lowest BCUT2D eigenvalue weighted by Crippen LogP contribution is -2.20. The molecule has 2 aromatic rings. The number of nitrogens with zero attached hydrogens (tertiary/aromatic N) is 2. The first kappa shape index (κ1) is 12.6. The molecule has 0 aliphatic carbocycles. The molecule has 0 bridgehead atoms. The van der Waals surface area contributed by atoms with Crippen molar-refractivity contribution in [2.75, 3.05) is 7.05 Å². The molecule has 1 unspecified atom stereocenters. The van der Waals surface area contributed by atoms with E-state index >= 15 is 0 Å². The van der Waals surface area contributed by atoms with Crippen LogP contribution in [0, 0.1) is 19.7 Å². The van der Waals surface area contributed by atoms with E-state index in [9.17, 15) is 4.39 Å². The lowest BCUT2D eigenvalue weighted by molar-refractivity contribution is 0.568. The standard InChI is InChI=1S/C14H16FN3/c1-9-4-5-12(15)11(6-9)14(16-3)13-8-17-10(2)7-18-13/h4-8,14,16H,1-3H3. The second kappa shape index (κ2) is 5.23. The molecule has 1 N–H and O–H groups in total.